The number of carbonyl (C=O) groups excluding carboxylic acids is 2. The second kappa shape index (κ2) is 8.11. The SMILES string of the molecule is O=C(Nc1ccc2n(c1=O)C[C@@H]1C[C@@H]2CN(C(=O)Cc2cccs2)C1)c1ccncc1. The van der Waals surface area contributed by atoms with Gasteiger partial charge in [0.05, 0.1) is 6.42 Å². The topological polar surface area (TPSA) is 84.3 Å². The lowest BCUT2D eigenvalue weighted by atomic mass is 9.83. The Morgan fingerprint density at radius 2 is 1.94 bits per heavy atom. The molecule has 0 spiro atoms. The van der Waals surface area contributed by atoms with Gasteiger partial charge in [0, 0.05) is 54.1 Å². The maximum Gasteiger partial charge on any atom is 0.274 e. The van der Waals surface area contributed by atoms with E-state index in [2.05, 4.69) is 10.3 Å². The molecule has 3 aromatic heterocycles. The number of hydrogen-bond acceptors (Lipinski definition) is 5. The van der Waals surface area contributed by atoms with Gasteiger partial charge in [-0.3, -0.25) is 19.4 Å². The summed E-state index contributed by atoms with van der Waals surface area (Å²) in [5, 5.41) is 4.72. The highest BCUT2D eigenvalue weighted by atomic mass is 32.1. The second-order valence-corrected chi connectivity index (χ2v) is 9.16. The van der Waals surface area contributed by atoms with Crippen LogP contribution in [0.1, 0.15) is 33.3 Å². The van der Waals surface area contributed by atoms with Gasteiger partial charge in [0.2, 0.25) is 5.91 Å². The lowest BCUT2D eigenvalue weighted by Crippen LogP contribution is -2.49. The minimum atomic E-state index is -0.332. The molecule has 2 aliphatic heterocycles. The number of pyridine rings is 2. The fourth-order valence-corrected chi connectivity index (χ4v) is 5.31. The standard InChI is InChI=1S/C23H22N4O3S/c28-21(11-18-2-1-9-31-18)26-12-15-10-17(14-26)20-4-3-19(23(30)27(20)13-15)25-22(29)16-5-7-24-8-6-16/h1-9,15,17H,10-14H2,(H,25,29)/t15-,17-/m1/s1. The summed E-state index contributed by atoms with van der Waals surface area (Å²) in [6.45, 7) is 1.86. The number of likely N-dealkylation sites (tertiary alicyclic amines) is 1. The van der Waals surface area contributed by atoms with E-state index in [1.165, 1.54) is 0 Å². The number of thiophene rings is 1. The first kappa shape index (κ1) is 19.7. The highest BCUT2D eigenvalue weighted by Gasteiger charge is 2.36. The van der Waals surface area contributed by atoms with Crippen molar-refractivity contribution in [3.8, 4) is 0 Å². The van der Waals surface area contributed by atoms with Crippen molar-refractivity contribution in [2.75, 3.05) is 18.4 Å². The molecule has 1 N–H and O–H groups in total. The Kier molecular flexibility index (Phi) is 5.15. The lowest BCUT2D eigenvalue weighted by Gasteiger charge is -2.43. The van der Waals surface area contributed by atoms with Gasteiger partial charge in [-0.2, -0.15) is 0 Å². The van der Waals surface area contributed by atoms with Crippen LogP contribution in [0.5, 0.6) is 0 Å². The Morgan fingerprint density at radius 3 is 2.71 bits per heavy atom. The van der Waals surface area contributed by atoms with E-state index in [1.807, 2.05) is 28.5 Å². The lowest BCUT2D eigenvalue weighted by molar-refractivity contribution is -0.133. The molecule has 31 heavy (non-hydrogen) atoms. The van der Waals surface area contributed by atoms with Gasteiger partial charge in [-0.25, -0.2) is 0 Å². The number of aromatic nitrogens is 2. The molecule has 1 fully saturated rings. The molecule has 1 saturated heterocycles. The van der Waals surface area contributed by atoms with Crippen molar-refractivity contribution in [3.05, 3.63) is 80.7 Å². The van der Waals surface area contributed by atoms with Crippen LogP contribution in [-0.2, 0) is 17.8 Å². The van der Waals surface area contributed by atoms with E-state index < -0.39 is 0 Å². The number of nitrogens with one attached hydrogen (secondary N) is 1. The Hall–Kier alpha value is -3.26. The predicted molar refractivity (Wildman–Crippen MR) is 118 cm³/mol. The Bertz CT molecular complexity index is 1170. The zero-order valence-corrected chi connectivity index (χ0v) is 17.7. The summed E-state index contributed by atoms with van der Waals surface area (Å²) in [7, 11) is 0. The van der Waals surface area contributed by atoms with Gasteiger partial charge in [0.15, 0.2) is 0 Å². The molecular formula is C23H22N4O3S. The van der Waals surface area contributed by atoms with Crippen LogP contribution in [0.4, 0.5) is 5.69 Å². The van der Waals surface area contributed by atoms with E-state index in [0.29, 0.717) is 31.6 Å². The first-order valence-electron chi connectivity index (χ1n) is 10.3. The van der Waals surface area contributed by atoms with Gasteiger partial charge >= 0.3 is 0 Å². The molecule has 5 rings (SSSR count). The van der Waals surface area contributed by atoms with Crippen molar-refractivity contribution in [3.63, 3.8) is 0 Å². The van der Waals surface area contributed by atoms with E-state index in [4.69, 9.17) is 0 Å². The third kappa shape index (κ3) is 3.90. The maximum absolute atomic E-state index is 13.1. The van der Waals surface area contributed by atoms with Crippen molar-refractivity contribution < 1.29 is 9.59 Å². The fraction of sp³-hybridized carbons (Fsp3) is 0.304. The number of hydrogen-bond donors (Lipinski definition) is 1. The number of carbonyl (C=O) groups is 2. The van der Waals surface area contributed by atoms with E-state index in [9.17, 15) is 14.4 Å². The highest BCUT2D eigenvalue weighted by Crippen LogP contribution is 2.35. The molecule has 158 valence electrons. The first-order chi connectivity index (χ1) is 15.1. The first-order valence-corrected chi connectivity index (χ1v) is 11.2. The molecule has 0 saturated carbocycles. The van der Waals surface area contributed by atoms with Gasteiger partial charge < -0.3 is 14.8 Å². The molecule has 0 radical (unpaired) electrons. The summed E-state index contributed by atoms with van der Waals surface area (Å²) in [5.41, 5.74) is 1.48. The number of fused-ring (bicyclic) bond motifs is 4. The van der Waals surface area contributed by atoms with Crippen LogP contribution in [-0.4, -0.2) is 39.4 Å². The zero-order chi connectivity index (χ0) is 21.4. The molecule has 7 nitrogen and oxygen atoms in total. The number of nitrogens with zero attached hydrogens (tertiary/aromatic N) is 3. The van der Waals surface area contributed by atoms with Gasteiger partial charge in [-0.15, -0.1) is 11.3 Å². The van der Waals surface area contributed by atoms with Crippen LogP contribution in [0.2, 0.25) is 0 Å². The van der Waals surface area contributed by atoms with E-state index in [1.54, 1.807) is 46.5 Å². The molecule has 8 heteroatoms. The van der Waals surface area contributed by atoms with Crippen molar-refractivity contribution in [1.29, 1.82) is 0 Å². The van der Waals surface area contributed by atoms with Crippen LogP contribution < -0.4 is 10.9 Å². The van der Waals surface area contributed by atoms with Gasteiger partial charge in [0.1, 0.15) is 5.69 Å². The average Bonchev–Trinajstić information content (AvgIpc) is 3.29. The second-order valence-electron chi connectivity index (χ2n) is 8.13. The van der Waals surface area contributed by atoms with E-state index in [0.717, 1.165) is 17.0 Å². The molecule has 0 unspecified atom stereocenters. The summed E-state index contributed by atoms with van der Waals surface area (Å²) in [5.74, 6) is 0.190. The Labute approximate surface area is 183 Å². The molecular weight excluding hydrogens is 412 g/mol. The third-order valence-electron chi connectivity index (χ3n) is 6.05. The molecule has 0 aliphatic carbocycles. The molecule has 2 bridgehead atoms. The fourth-order valence-electron chi connectivity index (χ4n) is 4.62. The smallest absolute Gasteiger partial charge is 0.274 e. The van der Waals surface area contributed by atoms with Crippen LogP contribution in [0.25, 0.3) is 0 Å². The summed E-state index contributed by atoms with van der Waals surface area (Å²) in [6, 6.07) is 10.8. The molecule has 2 atom stereocenters. The van der Waals surface area contributed by atoms with E-state index >= 15 is 0 Å². The molecule has 2 aliphatic rings. The summed E-state index contributed by atoms with van der Waals surface area (Å²) in [4.78, 5) is 45.3. The number of piperidine rings is 1. The minimum absolute atomic E-state index is 0.137. The summed E-state index contributed by atoms with van der Waals surface area (Å²) >= 11 is 1.60. The van der Waals surface area contributed by atoms with Crippen molar-refractivity contribution in [2.45, 2.75) is 25.3 Å². The summed E-state index contributed by atoms with van der Waals surface area (Å²) < 4.78 is 1.78. The Balaban J connectivity index is 1.35. The molecule has 3 aromatic rings. The summed E-state index contributed by atoms with van der Waals surface area (Å²) in [6.07, 6.45) is 4.50. The number of rotatable bonds is 4. The number of amides is 2. The largest absolute Gasteiger partial charge is 0.341 e. The minimum Gasteiger partial charge on any atom is -0.341 e. The quantitative estimate of drug-likeness (QED) is 0.684. The highest BCUT2D eigenvalue weighted by molar-refractivity contribution is 7.10. The van der Waals surface area contributed by atoms with Gasteiger partial charge in [-0.1, -0.05) is 6.07 Å². The van der Waals surface area contributed by atoms with Gasteiger partial charge in [-0.05, 0) is 48.1 Å². The van der Waals surface area contributed by atoms with Crippen LogP contribution >= 0.6 is 11.3 Å². The monoisotopic (exact) mass is 434 g/mol. The molecule has 2 amide bonds. The van der Waals surface area contributed by atoms with Gasteiger partial charge in [0.25, 0.3) is 11.5 Å². The van der Waals surface area contributed by atoms with Crippen molar-refractivity contribution >= 4 is 28.8 Å². The molecule has 5 heterocycles. The van der Waals surface area contributed by atoms with Crippen LogP contribution in [0.3, 0.4) is 0 Å². The molecule has 0 aromatic carbocycles. The average molecular weight is 435 g/mol. The van der Waals surface area contributed by atoms with Crippen molar-refractivity contribution in [1.82, 2.24) is 14.5 Å². The normalized spacial score (nSPS) is 19.5. The Morgan fingerprint density at radius 1 is 1.10 bits per heavy atom. The maximum atomic E-state index is 13.1. The van der Waals surface area contributed by atoms with Crippen LogP contribution in [0, 0.1) is 5.92 Å². The van der Waals surface area contributed by atoms with E-state index in [-0.39, 0.29) is 34.9 Å². The zero-order valence-electron chi connectivity index (χ0n) is 16.9. The number of anilines is 1. The predicted octanol–water partition coefficient (Wildman–Crippen LogP) is 2.75. The third-order valence-corrected chi connectivity index (χ3v) is 6.93. The van der Waals surface area contributed by atoms with Crippen LogP contribution in [0.15, 0.2) is 59.0 Å². The van der Waals surface area contributed by atoms with Crippen molar-refractivity contribution in [2.24, 2.45) is 5.92 Å².